The average Bonchev–Trinajstić information content (AvgIpc) is 4.01. The summed E-state index contributed by atoms with van der Waals surface area (Å²) in [6.45, 7) is 15.8. The molecule has 8 heterocycles. The zero-order valence-corrected chi connectivity index (χ0v) is 44.3. The summed E-state index contributed by atoms with van der Waals surface area (Å²) in [5.41, 5.74) is 7.10. The highest BCUT2D eigenvalue weighted by atomic mass is 16.3. The van der Waals surface area contributed by atoms with Crippen LogP contribution in [0.15, 0.2) is 78.4 Å². The zero-order valence-electron chi connectivity index (χ0n) is 44.3. The van der Waals surface area contributed by atoms with Gasteiger partial charge in [-0.25, -0.2) is 9.97 Å². The lowest BCUT2D eigenvalue weighted by Crippen LogP contribution is -2.58. The molecule has 77 heavy (non-hydrogen) atoms. The topological polar surface area (TPSA) is 219 Å². The van der Waals surface area contributed by atoms with Gasteiger partial charge in [0.15, 0.2) is 5.82 Å². The Balaban J connectivity index is 0.784. The Morgan fingerprint density at radius 1 is 0.870 bits per heavy atom. The Morgan fingerprint density at radius 3 is 2.42 bits per heavy atom. The van der Waals surface area contributed by atoms with Crippen molar-refractivity contribution in [2.75, 3.05) is 65.1 Å². The molecule has 3 saturated heterocycles. The fourth-order valence-corrected chi connectivity index (χ4v) is 12.8. The number of carbonyl (C=O) groups excluding carboxylic acids is 6. The van der Waals surface area contributed by atoms with Crippen LogP contribution in [-0.4, -0.2) is 138 Å². The maximum absolute atomic E-state index is 14.1. The third-order valence-electron chi connectivity index (χ3n) is 16.6. The van der Waals surface area contributed by atoms with E-state index in [1.54, 1.807) is 48.6 Å². The van der Waals surface area contributed by atoms with Gasteiger partial charge < -0.3 is 34.7 Å². The van der Waals surface area contributed by atoms with Crippen LogP contribution in [0.3, 0.4) is 0 Å². The molecule has 6 amide bonds. The molecule has 1 aliphatic carbocycles. The number of rotatable bonds is 11. The van der Waals surface area contributed by atoms with E-state index in [-0.39, 0.29) is 59.6 Å². The van der Waals surface area contributed by atoms with E-state index in [0.717, 1.165) is 54.3 Å². The highest BCUT2D eigenvalue weighted by Gasteiger charge is 2.48. The first kappa shape index (κ1) is 51.2. The summed E-state index contributed by atoms with van der Waals surface area (Å²) in [5, 5.41) is 17.1. The molecule has 4 atom stereocenters. The molecule has 2 aromatic carbocycles. The number of benzene rings is 2. The van der Waals surface area contributed by atoms with Crippen LogP contribution in [0, 0.1) is 5.41 Å². The molecule has 0 saturated carbocycles. The van der Waals surface area contributed by atoms with Crippen molar-refractivity contribution in [1.82, 2.24) is 33.8 Å². The van der Waals surface area contributed by atoms with Crippen LogP contribution in [0.1, 0.15) is 101 Å². The van der Waals surface area contributed by atoms with Gasteiger partial charge in [0.05, 0.1) is 40.5 Å². The average molecular weight is 1050 g/mol. The largest absolute Gasteiger partial charge is 0.392 e. The van der Waals surface area contributed by atoms with Crippen molar-refractivity contribution >= 4 is 69.8 Å². The lowest BCUT2D eigenvalue weighted by molar-refractivity contribution is -0.149. The van der Waals surface area contributed by atoms with Gasteiger partial charge in [-0.3, -0.25) is 53.2 Å². The van der Waals surface area contributed by atoms with E-state index in [9.17, 15) is 38.7 Å². The molecular formula is C57H64N12O8. The second-order valence-electron chi connectivity index (χ2n) is 22.2. The number of aliphatic hydroxyl groups excluding tert-OH is 1. The van der Waals surface area contributed by atoms with Gasteiger partial charge in [0.2, 0.25) is 11.8 Å². The number of aromatic nitrogens is 4. The number of carbonyl (C=O) groups is 6. The predicted molar refractivity (Wildman–Crippen MR) is 290 cm³/mol. The summed E-state index contributed by atoms with van der Waals surface area (Å²) < 4.78 is 3.54. The number of aryl methyl sites for hydroxylation is 1. The van der Waals surface area contributed by atoms with E-state index in [2.05, 4.69) is 69.2 Å². The van der Waals surface area contributed by atoms with Crippen molar-refractivity contribution in [3.63, 3.8) is 0 Å². The second-order valence-corrected chi connectivity index (χ2v) is 22.2. The Bertz CT molecular complexity index is 3400. The SMILES string of the molecule is C=CC(=O)Nc1cc(Nc2nc(-c3ccnc(N4CCn5c(cc6c5CC(C)(C)C6)C4=O)c3CO)cn(C)c2=O)ccc1N1CCN(C2CCN(c3cccc4c3C(=O)N(C3CCC(=O)N(C)C3=O)C4=O)[C@H](C)C2)C[C@@H]1C. The van der Waals surface area contributed by atoms with Gasteiger partial charge in [-0.1, -0.05) is 26.5 Å². The Hall–Kier alpha value is -7.97. The fourth-order valence-electron chi connectivity index (χ4n) is 12.8. The van der Waals surface area contributed by atoms with Crippen LogP contribution in [0.2, 0.25) is 0 Å². The number of pyridine rings is 1. The van der Waals surface area contributed by atoms with Crippen LogP contribution in [0.4, 0.5) is 34.4 Å². The molecule has 20 heteroatoms. The molecule has 2 unspecified atom stereocenters. The lowest BCUT2D eigenvalue weighted by Gasteiger charge is -2.48. The van der Waals surface area contributed by atoms with Crippen molar-refractivity contribution in [3.05, 3.63) is 118 Å². The molecule has 0 bridgehead atoms. The third kappa shape index (κ3) is 8.85. The molecule has 11 rings (SSSR count). The zero-order chi connectivity index (χ0) is 54.4. The van der Waals surface area contributed by atoms with Crippen LogP contribution < -0.4 is 30.9 Å². The number of anilines is 6. The Morgan fingerprint density at radius 2 is 1.66 bits per heavy atom. The van der Waals surface area contributed by atoms with E-state index < -0.39 is 41.8 Å². The number of hydrogen-bond donors (Lipinski definition) is 3. The summed E-state index contributed by atoms with van der Waals surface area (Å²) in [5.74, 6) is -2.15. The molecule has 5 aliphatic heterocycles. The number of imide groups is 2. The monoisotopic (exact) mass is 1040 g/mol. The third-order valence-corrected chi connectivity index (χ3v) is 16.6. The van der Waals surface area contributed by atoms with Crippen molar-refractivity contribution < 1.29 is 33.9 Å². The molecule has 0 spiro atoms. The summed E-state index contributed by atoms with van der Waals surface area (Å²) in [6.07, 6.45) is 7.99. The van der Waals surface area contributed by atoms with Gasteiger partial charge in [-0.15, -0.1) is 0 Å². The maximum Gasteiger partial charge on any atom is 0.293 e. The van der Waals surface area contributed by atoms with E-state index in [0.29, 0.717) is 77.1 Å². The number of fused-ring (bicyclic) bond motifs is 4. The number of likely N-dealkylation sites (N-methyl/N-ethyl adjacent to an activating group) is 1. The van der Waals surface area contributed by atoms with E-state index >= 15 is 0 Å². The lowest BCUT2D eigenvalue weighted by atomic mass is 9.90. The first-order valence-electron chi connectivity index (χ1n) is 26.5. The van der Waals surface area contributed by atoms with Gasteiger partial charge in [0, 0.05) is 113 Å². The minimum atomic E-state index is -1.03. The summed E-state index contributed by atoms with van der Waals surface area (Å²) in [6, 6.07) is 13.8. The van der Waals surface area contributed by atoms with Gasteiger partial charge in [0.1, 0.15) is 17.6 Å². The summed E-state index contributed by atoms with van der Waals surface area (Å²) >= 11 is 0. The summed E-state index contributed by atoms with van der Waals surface area (Å²) in [7, 11) is 3.00. The number of piperazine rings is 1. The Kier molecular flexibility index (Phi) is 13.0. The smallest absolute Gasteiger partial charge is 0.293 e. The van der Waals surface area contributed by atoms with Crippen molar-refractivity contribution in [2.45, 2.75) is 104 Å². The molecule has 0 radical (unpaired) electrons. The highest BCUT2D eigenvalue weighted by Crippen LogP contribution is 2.42. The summed E-state index contributed by atoms with van der Waals surface area (Å²) in [4.78, 5) is 114. The Labute approximate surface area is 445 Å². The number of aliphatic hydroxyl groups is 1. The number of nitrogens with one attached hydrogen (secondary N) is 2. The number of likely N-dealkylation sites (tertiary alicyclic amines) is 1. The maximum atomic E-state index is 14.1. The van der Waals surface area contributed by atoms with Gasteiger partial charge >= 0.3 is 0 Å². The minimum Gasteiger partial charge on any atom is -0.392 e. The predicted octanol–water partition coefficient (Wildman–Crippen LogP) is 5.10. The molecule has 3 fully saturated rings. The normalized spacial score (nSPS) is 22.4. The fraction of sp³-hybridized carbons (Fsp3) is 0.421. The van der Waals surface area contributed by atoms with E-state index in [4.69, 9.17) is 4.98 Å². The van der Waals surface area contributed by atoms with Gasteiger partial charge in [0.25, 0.3) is 29.2 Å². The first-order chi connectivity index (χ1) is 36.9. The van der Waals surface area contributed by atoms with Crippen LogP contribution in [0.5, 0.6) is 0 Å². The molecule has 6 aliphatic rings. The number of hydrogen-bond acceptors (Lipinski definition) is 14. The number of piperidine rings is 2. The van der Waals surface area contributed by atoms with Crippen LogP contribution >= 0.6 is 0 Å². The second kappa shape index (κ2) is 19.6. The van der Waals surface area contributed by atoms with Crippen molar-refractivity contribution in [2.24, 2.45) is 12.5 Å². The molecule has 3 N–H and O–H groups in total. The molecular weight excluding hydrogens is 981 g/mol. The quantitative estimate of drug-likeness (QED) is 0.116. The molecule has 20 nitrogen and oxygen atoms in total. The number of amides is 6. The minimum absolute atomic E-state index is 0.00832. The van der Waals surface area contributed by atoms with Crippen molar-refractivity contribution in [3.8, 4) is 11.3 Å². The first-order valence-corrected chi connectivity index (χ1v) is 26.5. The highest BCUT2D eigenvalue weighted by molar-refractivity contribution is 6.25. The number of nitrogens with zero attached hydrogens (tertiary/aromatic N) is 10. The van der Waals surface area contributed by atoms with Gasteiger partial charge in [-0.2, -0.15) is 0 Å². The van der Waals surface area contributed by atoms with Crippen LogP contribution in [-0.2, 0) is 47.4 Å². The molecule has 400 valence electrons. The molecule has 3 aromatic heterocycles. The standard InChI is InChI=1S/C57H64N12O8/c1-8-47(71)60-40-26-35(59-50-56(77)62(6)30-41(61-50)37-16-18-58-51(39(37)31-70)68-23-22-67-45(54(68)75)25-34-27-57(4,5)28-46(34)67)12-13-42(40)66-21-20-64(29-33(66)3)36-17-19-65(32(2)24-36)43-11-9-10-38-49(43)55(76)69(52(38)73)44-14-15-48(72)63(7)53(44)74/h8-13,16,18,25-26,30,32-33,36,44,70H,1,14-15,17,19-24,27-29,31H2,2-7H3,(H,59,61)(H,60,71)/t32-,33+,36?,44?/m1/s1. The van der Waals surface area contributed by atoms with Crippen LogP contribution in [0.25, 0.3) is 11.3 Å². The van der Waals surface area contributed by atoms with E-state index in [1.807, 2.05) is 24.3 Å². The van der Waals surface area contributed by atoms with Crippen molar-refractivity contribution in [1.29, 1.82) is 0 Å². The molecule has 5 aromatic rings. The van der Waals surface area contributed by atoms with E-state index in [1.165, 1.54) is 28.9 Å². The van der Waals surface area contributed by atoms with Gasteiger partial charge in [-0.05, 0) is 105 Å².